The van der Waals surface area contributed by atoms with Crippen molar-refractivity contribution in [1.29, 1.82) is 0 Å². The molecule has 15 aliphatic carbocycles. The number of carbonyl (C=O) groups is 7. The van der Waals surface area contributed by atoms with Crippen LogP contribution in [0.2, 0.25) is 0 Å². The molecule has 25 nitrogen and oxygen atoms in total. The van der Waals surface area contributed by atoms with E-state index < -0.39 is 11.9 Å². The molecular formula is C103H128N4O21. The number of nitrogens with zero attached hydrogens (tertiary/aromatic N) is 4. The Labute approximate surface area is 750 Å². The van der Waals surface area contributed by atoms with E-state index in [9.17, 15) is 59.3 Å². The lowest BCUT2D eigenvalue weighted by Crippen LogP contribution is -2.43. The third-order valence-electron chi connectivity index (χ3n) is 34.9. The van der Waals surface area contributed by atoms with Gasteiger partial charge in [-0.15, -0.1) is 0 Å². The molecule has 15 aliphatic rings. The Kier molecular flexibility index (Phi) is 25.5. The Bertz CT molecular complexity index is 5380. The van der Waals surface area contributed by atoms with Crippen LogP contribution < -0.4 is 33.2 Å². The topological polar surface area (TPSA) is 353 Å². The molecule has 20 atom stereocenters. The molecule has 10 fully saturated rings. The molecule has 20 rings (SSSR count). The average Bonchev–Trinajstić information content (AvgIpc) is 1.48. The van der Waals surface area contributed by atoms with Gasteiger partial charge in [-0.25, -0.2) is 9.59 Å². The summed E-state index contributed by atoms with van der Waals surface area (Å²) in [5.41, 5.74) is 14.8. The summed E-state index contributed by atoms with van der Waals surface area (Å²) in [5.74, 6) is 9.91. The molecule has 5 aromatic carbocycles. The number of rotatable bonds is 9. The minimum absolute atomic E-state index is 0.00981. The third kappa shape index (κ3) is 16.1. The highest BCUT2D eigenvalue weighted by Gasteiger charge is 2.61. The van der Waals surface area contributed by atoms with Crippen LogP contribution in [0, 0.1) is 86.3 Å². The van der Waals surface area contributed by atoms with Crippen LogP contribution in [-0.4, -0.2) is 125 Å². The van der Waals surface area contributed by atoms with Crippen molar-refractivity contribution in [3.63, 3.8) is 0 Å². The van der Waals surface area contributed by atoms with Crippen molar-refractivity contribution < 1.29 is 102 Å². The number of aromatic hydroxyl groups is 3. The van der Waals surface area contributed by atoms with Crippen LogP contribution in [0.15, 0.2) is 81.3 Å². The molecule has 0 heterocycles. The molecule has 5 N–H and O–H groups in total. The summed E-state index contributed by atoms with van der Waals surface area (Å²) >= 11 is 0. The van der Waals surface area contributed by atoms with E-state index in [-0.39, 0.29) is 91.3 Å². The number of hydrogen-bond acceptors (Lipinski definition) is 25. The molecule has 128 heavy (non-hydrogen) atoms. The van der Waals surface area contributed by atoms with Gasteiger partial charge in [0.15, 0.2) is 69.1 Å². The predicted octanol–water partition coefficient (Wildman–Crippen LogP) is 20.1. The minimum Gasteiger partial charge on any atom is -0.504 e. The molecule has 25 heteroatoms. The Hall–Kier alpha value is -10.3. The van der Waals surface area contributed by atoms with E-state index in [1.54, 1.807) is 33.5 Å². The predicted molar refractivity (Wildman–Crippen MR) is 479 cm³/mol. The first-order valence-corrected chi connectivity index (χ1v) is 46.7. The van der Waals surface area contributed by atoms with E-state index in [4.69, 9.17) is 42.8 Å². The van der Waals surface area contributed by atoms with Gasteiger partial charge in [0.1, 0.15) is 5.78 Å². The van der Waals surface area contributed by atoms with Gasteiger partial charge in [0.25, 0.3) is 0 Å². The number of oxime groups is 4. The van der Waals surface area contributed by atoms with Gasteiger partial charge in [-0.3, -0.25) is 24.0 Å². The van der Waals surface area contributed by atoms with Gasteiger partial charge in [0.05, 0.1) is 58.4 Å². The molecule has 0 aliphatic heterocycles. The van der Waals surface area contributed by atoms with Gasteiger partial charge >= 0.3 is 23.9 Å². The summed E-state index contributed by atoms with van der Waals surface area (Å²) in [6.07, 6.45) is 27.0. The lowest BCUT2D eigenvalue weighted by atomic mass is 9.55. The van der Waals surface area contributed by atoms with Gasteiger partial charge in [0, 0.05) is 85.2 Å². The summed E-state index contributed by atoms with van der Waals surface area (Å²) < 4.78 is 37.5. The van der Waals surface area contributed by atoms with Crippen molar-refractivity contribution in [2.75, 3.05) is 35.5 Å². The van der Waals surface area contributed by atoms with Crippen molar-refractivity contribution in [2.45, 2.75) is 272 Å². The number of fused-ring (bicyclic) bond motifs is 25. The van der Waals surface area contributed by atoms with Crippen molar-refractivity contribution in [2.24, 2.45) is 107 Å². The maximum Gasteiger partial charge on any atom is 0.331 e. The first-order chi connectivity index (χ1) is 61.2. The standard InChI is InChI=1S/C23H27NO6.C23H29NO5.C19H23NO4.C19H25NO3.C19H24O3/c1-12(25)29-21-11-17-15(10-20(21)28-4)14-7-8-23(3)18(16(14)9-19(17)27)5-6-22(23)24-30-13(2)26;1-13(25)28-21-11-15-5-6-17-16(18(15)12-20(21)27-4)9-10-23(3)19(17)7-8-22(23)24-29-14(2)26;1-19-6-5-10-11-9-17(24-2)16(22)8-13(11)15(21)7-12(10)14(19)3-4-18(19)20-23;1-19-8-7-12-13(15(19)5-6-18(19)20-22)4-3-11-9-16(21)17(23-2)10-14(11)12;1-19-8-7-12-13(15(19)5-6-18(19)21)4-3-11-9-16(20)17(22-2)10-14(11)12/h10-11,14,16,18H,5-9H2,1-4H3;11-12,16-17,19H,5-10H2,1-4H3;8-10,12,14,22-23H,3-7H2,1-2H3;9-10,12-13,15,21-22H,3-8H2,1-2H3;9-10,12-13,15,20H,3-8H2,1-2H3/b2*24-22+;2*20-18+;/t14?,16?,18?,23-;16?,17?,19?,23-;10?,12?,14?,19-;2*12?,13?,15?,19-/m00000/s1. The van der Waals surface area contributed by atoms with Crippen LogP contribution in [0.25, 0.3) is 0 Å². The van der Waals surface area contributed by atoms with Gasteiger partial charge in [-0.2, -0.15) is 0 Å². The maximum absolute atomic E-state index is 13.1. The fourth-order valence-corrected chi connectivity index (χ4v) is 28.6. The Balaban J connectivity index is 0.000000118. The number of phenols is 3. The van der Waals surface area contributed by atoms with Gasteiger partial charge in [0.2, 0.25) is 0 Å². The minimum atomic E-state index is -0.451. The summed E-state index contributed by atoms with van der Waals surface area (Å²) in [6, 6.07) is 18.9. The Morgan fingerprint density at radius 3 is 0.992 bits per heavy atom. The lowest BCUT2D eigenvalue weighted by molar-refractivity contribution is -0.142. The van der Waals surface area contributed by atoms with E-state index >= 15 is 0 Å². The van der Waals surface area contributed by atoms with Crippen LogP contribution in [0.5, 0.6) is 57.5 Å². The molecule has 0 saturated heterocycles. The first kappa shape index (κ1) is 91.0. The highest BCUT2D eigenvalue weighted by Crippen LogP contribution is 2.67. The number of esters is 2. The zero-order valence-corrected chi connectivity index (χ0v) is 76.8. The van der Waals surface area contributed by atoms with Crippen molar-refractivity contribution in [3.05, 3.63) is 116 Å². The Morgan fingerprint density at radius 1 is 0.320 bits per heavy atom. The molecule has 686 valence electrons. The molecule has 5 aromatic rings. The number of ketones is 3. The quantitative estimate of drug-likeness (QED) is 0.0301. The molecule has 15 unspecified atom stereocenters. The SMILES string of the molecule is COc1cc2c(cc1O)C(=O)CC1C2CC[C@]2(C)/C(=N/O)CCC12.COc1cc2c(cc1O)CCC1C2CC[C@]2(C)/C(=N/O)CCC12.COc1cc2c(cc1O)CCC1C2CC[C@]2(C)C(=O)CCC12.COc1cc2c(cc1OC(C)=O)C(=O)CC1C2CC[C@]2(C)/C(=N/OC(C)=O)CCC12.COc1cc2c(cc1OC(C)=O)CCC1C2CC[C@]2(C)/C(=N/OC(C)=O)CCC12. The number of aryl methyl sites for hydroxylation is 3. The maximum atomic E-state index is 13.1. The molecule has 10 saturated carbocycles. The fourth-order valence-electron chi connectivity index (χ4n) is 28.6. The second kappa shape index (κ2) is 35.8. The van der Waals surface area contributed by atoms with Crippen molar-refractivity contribution >= 4 is 64.1 Å². The van der Waals surface area contributed by atoms with Crippen LogP contribution in [0.1, 0.15) is 318 Å². The van der Waals surface area contributed by atoms with Gasteiger partial charge < -0.3 is 68.6 Å². The number of ether oxygens (including phenoxy) is 7. The molecule has 0 spiro atoms. The summed E-state index contributed by atoms with van der Waals surface area (Å²) in [4.78, 5) is 93.4. The average molecular weight is 1760 g/mol. The number of phenolic OH excluding ortho intramolecular Hbond substituents is 3. The first-order valence-electron chi connectivity index (χ1n) is 46.7. The normalized spacial score (nSPS) is 34.1. The van der Waals surface area contributed by atoms with E-state index in [0.717, 1.165) is 194 Å². The number of benzene rings is 5. The Morgan fingerprint density at radius 2 is 0.617 bits per heavy atom. The highest BCUT2D eigenvalue weighted by molar-refractivity contribution is 6.02. The number of hydrogen-bond donors (Lipinski definition) is 5. The number of Topliss-reactive ketones (excluding diaryl/α,β-unsaturated/α-hetero) is 3. The van der Waals surface area contributed by atoms with Crippen LogP contribution in [-0.2, 0) is 52.9 Å². The second-order valence-electron chi connectivity index (χ2n) is 40.5. The van der Waals surface area contributed by atoms with Crippen LogP contribution in [0.3, 0.4) is 0 Å². The molecule has 0 amide bonds. The zero-order valence-electron chi connectivity index (χ0n) is 76.8. The fraction of sp³-hybridized carbons (Fsp3) is 0.602. The summed E-state index contributed by atoms with van der Waals surface area (Å²) in [6.45, 7) is 16.7. The number of carbonyl (C=O) groups excluding carboxylic acids is 7. The summed E-state index contributed by atoms with van der Waals surface area (Å²) in [5, 5.41) is 64.4. The van der Waals surface area contributed by atoms with E-state index in [1.165, 1.54) is 81.7 Å². The van der Waals surface area contributed by atoms with Crippen molar-refractivity contribution in [1.82, 2.24) is 0 Å². The van der Waals surface area contributed by atoms with Crippen LogP contribution in [0.4, 0.5) is 0 Å². The largest absolute Gasteiger partial charge is 0.504 e. The molecule has 0 radical (unpaired) electrons. The van der Waals surface area contributed by atoms with E-state index in [0.29, 0.717) is 135 Å². The monoisotopic (exact) mass is 1760 g/mol. The van der Waals surface area contributed by atoms with Gasteiger partial charge in [-0.1, -0.05) is 55.2 Å². The second-order valence-corrected chi connectivity index (χ2v) is 40.5. The highest BCUT2D eigenvalue weighted by atomic mass is 16.7. The van der Waals surface area contributed by atoms with Gasteiger partial charge in [-0.05, 0) is 354 Å². The summed E-state index contributed by atoms with van der Waals surface area (Å²) in [7, 11) is 7.89. The molecular weight excluding hydrogens is 1630 g/mol. The lowest BCUT2D eigenvalue weighted by Gasteiger charge is -2.49. The van der Waals surface area contributed by atoms with Crippen molar-refractivity contribution in [3.8, 4) is 57.5 Å². The third-order valence-corrected chi connectivity index (χ3v) is 34.9. The van der Waals surface area contributed by atoms with E-state index in [2.05, 4.69) is 67.4 Å². The number of methoxy groups -OCH3 is 5. The molecule has 0 aromatic heterocycles. The van der Waals surface area contributed by atoms with Crippen LogP contribution >= 0.6 is 0 Å². The smallest absolute Gasteiger partial charge is 0.331 e. The molecule has 0 bridgehead atoms. The van der Waals surface area contributed by atoms with E-state index in [1.807, 2.05) is 36.4 Å². The zero-order chi connectivity index (χ0) is 91.1.